The third-order valence-electron chi connectivity index (χ3n) is 7.37. The lowest BCUT2D eigenvalue weighted by Crippen LogP contribution is -2.53. The number of carbonyl (C=O) groups is 2. The molecule has 0 fully saturated rings. The van der Waals surface area contributed by atoms with Crippen molar-refractivity contribution in [1.29, 1.82) is 0 Å². The first-order valence-electron chi connectivity index (χ1n) is 14.8. The van der Waals surface area contributed by atoms with Crippen LogP contribution in [0.5, 0.6) is 0 Å². The predicted octanol–water partition coefficient (Wildman–Crippen LogP) is 7.05. The Labute approximate surface area is 275 Å². The second kappa shape index (κ2) is 15.9. The number of hydrogen-bond acceptors (Lipinski definition) is 4. The lowest BCUT2D eigenvalue weighted by molar-refractivity contribution is -0.140. The zero-order chi connectivity index (χ0) is 32.4. The molecule has 4 rings (SSSR count). The van der Waals surface area contributed by atoms with E-state index in [4.69, 9.17) is 23.2 Å². The molecule has 0 aliphatic heterocycles. The second-order valence-corrected chi connectivity index (χ2v) is 13.5. The molecule has 0 aliphatic rings. The van der Waals surface area contributed by atoms with Gasteiger partial charge in [0, 0.05) is 19.5 Å². The fourth-order valence-electron chi connectivity index (χ4n) is 4.86. The summed E-state index contributed by atoms with van der Waals surface area (Å²) in [5.74, 6) is -0.874. The molecule has 0 unspecified atom stereocenters. The van der Waals surface area contributed by atoms with Gasteiger partial charge in [-0.3, -0.25) is 13.9 Å². The molecule has 0 heterocycles. The summed E-state index contributed by atoms with van der Waals surface area (Å²) >= 11 is 12.5. The SMILES string of the molecule is CCCCNC(=O)[C@H](Cc1ccccc1)N(Cc1ccc(Cl)c(Cl)c1)C(=O)CN(c1ccccc1)S(=O)(=O)c1ccc(C)cc1. The molecule has 0 radical (unpaired) electrons. The fraction of sp³-hybridized carbons (Fsp3) is 0.257. The van der Waals surface area contributed by atoms with Crippen molar-refractivity contribution >= 4 is 50.7 Å². The van der Waals surface area contributed by atoms with E-state index >= 15 is 0 Å². The molecular weight excluding hydrogens is 629 g/mol. The molecule has 45 heavy (non-hydrogen) atoms. The van der Waals surface area contributed by atoms with E-state index in [1.807, 2.05) is 44.2 Å². The molecule has 1 N–H and O–H groups in total. The van der Waals surface area contributed by atoms with Crippen LogP contribution in [0, 0.1) is 6.92 Å². The maximum atomic E-state index is 14.5. The molecule has 4 aromatic carbocycles. The van der Waals surface area contributed by atoms with Crippen LogP contribution in [0.2, 0.25) is 10.0 Å². The van der Waals surface area contributed by atoms with Gasteiger partial charge in [-0.15, -0.1) is 0 Å². The zero-order valence-electron chi connectivity index (χ0n) is 25.3. The van der Waals surface area contributed by atoms with Gasteiger partial charge in [0.1, 0.15) is 12.6 Å². The highest BCUT2D eigenvalue weighted by Gasteiger charge is 2.34. The van der Waals surface area contributed by atoms with Crippen LogP contribution in [-0.4, -0.2) is 44.3 Å². The Hall–Kier alpha value is -3.85. The number of rotatable bonds is 14. The van der Waals surface area contributed by atoms with Crippen LogP contribution >= 0.6 is 23.2 Å². The van der Waals surface area contributed by atoms with Gasteiger partial charge in [0.2, 0.25) is 11.8 Å². The Kier molecular flexibility index (Phi) is 12.0. The van der Waals surface area contributed by atoms with Crippen LogP contribution in [0.25, 0.3) is 0 Å². The van der Waals surface area contributed by atoms with E-state index in [2.05, 4.69) is 5.32 Å². The summed E-state index contributed by atoms with van der Waals surface area (Å²) in [7, 11) is -4.16. The number of halogens is 2. The van der Waals surface area contributed by atoms with Crippen molar-refractivity contribution in [3.8, 4) is 0 Å². The zero-order valence-corrected chi connectivity index (χ0v) is 27.7. The van der Waals surface area contributed by atoms with Crippen molar-refractivity contribution in [3.63, 3.8) is 0 Å². The molecule has 236 valence electrons. The molecule has 0 aliphatic carbocycles. The number of nitrogens with zero attached hydrogens (tertiary/aromatic N) is 2. The quantitative estimate of drug-likeness (QED) is 0.146. The minimum atomic E-state index is -4.16. The van der Waals surface area contributed by atoms with Crippen LogP contribution in [0.3, 0.4) is 0 Å². The molecule has 4 aromatic rings. The summed E-state index contributed by atoms with van der Waals surface area (Å²) in [6, 6.07) is 28.5. The maximum absolute atomic E-state index is 14.5. The Morgan fingerprint density at radius 1 is 0.822 bits per heavy atom. The van der Waals surface area contributed by atoms with Crippen LogP contribution in [0.15, 0.2) is 108 Å². The molecule has 7 nitrogen and oxygen atoms in total. The lowest BCUT2D eigenvalue weighted by Gasteiger charge is -2.34. The van der Waals surface area contributed by atoms with E-state index in [1.54, 1.807) is 60.7 Å². The normalized spacial score (nSPS) is 11.9. The Morgan fingerprint density at radius 3 is 2.09 bits per heavy atom. The van der Waals surface area contributed by atoms with Crippen molar-refractivity contribution in [2.75, 3.05) is 17.4 Å². The number of amides is 2. The number of benzene rings is 4. The number of para-hydroxylation sites is 1. The van der Waals surface area contributed by atoms with Crippen LogP contribution in [0.1, 0.15) is 36.5 Å². The van der Waals surface area contributed by atoms with Crippen molar-refractivity contribution in [3.05, 3.63) is 130 Å². The Bertz CT molecular complexity index is 1690. The van der Waals surface area contributed by atoms with Gasteiger partial charge in [0.05, 0.1) is 20.6 Å². The van der Waals surface area contributed by atoms with Gasteiger partial charge in [0.25, 0.3) is 10.0 Å². The van der Waals surface area contributed by atoms with E-state index in [1.165, 1.54) is 17.0 Å². The summed E-state index contributed by atoms with van der Waals surface area (Å²) in [6.07, 6.45) is 1.89. The smallest absolute Gasteiger partial charge is 0.264 e. The van der Waals surface area contributed by atoms with Crippen molar-refractivity contribution < 1.29 is 18.0 Å². The minimum Gasteiger partial charge on any atom is -0.354 e. The topological polar surface area (TPSA) is 86.8 Å². The van der Waals surface area contributed by atoms with Gasteiger partial charge < -0.3 is 10.2 Å². The Balaban J connectivity index is 1.78. The predicted molar refractivity (Wildman–Crippen MR) is 181 cm³/mol. The number of anilines is 1. The largest absolute Gasteiger partial charge is 0.354 e. The molecule has 0 bridgehead atoms. The average molecular weight is 667 g/mol. The van der Waals surface area contributed by atoms with Gasteiger partial charge in [-0.1, -0.05) is 109 Å². The standard InChI is InChI=1S/C35H37Cl2N3O4S/c1-3-4-21-38-35(42)33(23-27-11-7-5-8-12-27)39(24-28-17-20-31(36)32(37)22-28)34(41)25-40(29-13-9-6-10-14-29)45(43,44)30-18-15-26(2)16-19-30/h5-20,22,33H,3-4,21,23-25H2,1-2H3,(H,38,42)/t33-/m0/s1. The molecule has 1 atom stereocenters. The minimum absolute atomic E-state index is 0.00162. The number of unbranched alkanes of at least 4 members (excludes halogenated alkanes) is 1. The summed E-state index contributed by atoms with van der Waals surface area (Å²) < 4.78 is 29.2. The highest BCUT2D eigenvalue weighted by Crippen LogP contribution is 2.27. The highest BCUT2D eigenvalue weighted by molar-refractivity contribution is 7.92. The molecular formula is C35H37Cl2N3O4S. The van der Waals surface area contributed by atoms with Crippen molar-refractivity contribution in [2.45, 2.75) is 50.6 Å². The first kappa shape index (κ1) is 34.0. The third kappa shape index (κ3) is 9.10. The first-order valence-corrected chi connectivity index (χ1v) is 17.0. The molecule has 0 saturated carbocycles. The van der Waals surface area contributed by atoms with E-state index < -0.39 is 28.5 Å². The number of carbonyl (C=O) groups excluding carboxylic acids is 2. The van der Waals surface area contributed by atoms with Gasteiger partial charge in [-0.25, -0.2) is 8.42 Å². The van der Waals surface area contributed by atoms with Crippen LogP contribution in [-0.2, 0) is 32.6 Å². The first-order chi connectivity index (χ1) is 21.6. The molecule has 0 aromatic heterocycles. The lowest BCUT2D eigenvalue weighted by atomic mass is 10.0. The van der Waals surface area contributed by atoms with Gasteiger partial charge in [-0.05, 0) is 60.9 Å². The number of aryl methyl sites for hydroxylation is 1. The monoisotopic (exact) mass is 665 g/mol. The number of nitrogens with one attached hydrogen (secondary N) is 1. The highest BCUT2D eigenvalue weighted by atomic mass is 35.5. The molecule has 0 spiro atoms. The Morgan fingerprint density at radius 2 is 1.47 bits per heavy atom. The van der Waals surface area contributed by atoms with E-state index in [9.17, 15) is 18.0 Å². The van der Waals surface area contributed by atoms with Crippen molar-refractivity contribution in [1.82, 2.24) is 10.2 Å². The van der Waals surface area contributed by atoms with Gasteiger partial charge in [-0.2, -0.15) is 0 Å². The average Bonchev–Trinajstić information content (AvgIpc) is 3.04. The number of sulfonamides is 1. The summed E-state index contributed by atoms with van der Waals surface area (Å²) in [6.45, 7) is 3.82. The van der Waals surface area contributed by atoms with E-state index in [0.717, 1.165) is 28.3 Å². The van der Waals surface area contributed by atoms with Crippen LogP contribution < -0.4 is 9.62 Å². The van der Waals surface area contributed by atoms with E-state index in [-0.39, 0.29) is 23.8 Å². The van der Waals surface area contributed by atoms with Crippen LogP contribution in [0.4, 0.5) is 5.69 Å². The molecule has 10 heteroatoms. The summed E-state index contributed by atoms with van der Waals surface area (Å²) in [5, 5.41) is 3.64. The second-order valence-electron chi connectivity index (χ2n) is 10.8. The fourth-order valence-corrected chi connectivity index (χ4v) is 6.59. The summed E-state index contributed by atoms with van der Waals surface area (Å²) in [4.78, 5) is 29.8. The van der Waals surface area contributed by atoms with Crippen molar-refractivity contribution in [2.24, 2.45) is 0 Å². The van der Waals surface area contributed by atoms with Gasteiger partial charge >= 0.3 is 0 Å². The van der Waals surface area contributed by atoms with Gasteiger partial charge in [0.15, 0.2) is 0 Å². The summed E-state index contributed by atoms with van der Waals surface area (Å²) in [5.41, 5.74) is 2.73. The molecule has 0 saturated heterocycles. The van der Waals surface area contributed by atoms with E-state index in [0.29, 0.717) is 27.8 Å². The maximum Gasteiger partial charge on any atom is 0.264 e. The number of hydrogen-bond donors (Lipinski definition) is 1. The third-order valence-corrected chi connectivity index (χ3v) is 9.90. The molecule has 2 amide bonds.